The molecule has 1 fully saturated rings. The molecule has 1 aliphatic heterocycles. The molecule has 2 amide bonds. The first-order valence-corrected chi connectivity index (χ1v) is 4.61. The highest BCUT2D eigenvalue weighted by molar-refractivity contribution is 5.89. The molecule has 0 atom stereocenters. The second-order valence-electron chi connectivity index (χ2n) is 3.52. The Morgan fingerprint density at radius 1 is 1.64 bits per heavy atom. The van der Waals surface area contributed by atoms with Crippen LogP contribution in [0.1, 0.15) is 12.8 Å². The maximum atomic E-state index is 11.2. The molecule has 1 rings (SSSR count). The van der Waals surface area contributed by atoms with Gasteiger partial charge in [-0.15, -0.1) is 0 Å². The van der Waals surface area contributed by atoms with E-state index in [9.17, 15) is 9.59 Å². The Bertz CT molecular complexity index is 261. The molecule has 5 nitrogen and oxygen atoms in total. The number of aliphatic imine (C=N–C) groups is 1. The van der Waals surface area contributed by atoms with Gasteiger partial charge in [0.25, 0.3) is 5.91 Å². The zero-order chi connectivity index (χ0) is 10.6. The topological polar surface area (TPSA) is 53.0 Å². The number of carbonyl (C=O) groups is 2. The summed E-state index contributed by atoms with van der Waals surface area (Å²) in [5.41, 5.74) is 0. The predicted octanol–water partition coefficient (Wildman–Crippen LogP) is -0.275. The Balaban J connectivity index is 2.37. The first-order valence-electron chi connectivity index (χ1n) is 4.61. The molecule has 0 aliphatic carbocycles. The third-order valence-electron chi connectivity index (χ3n) is 1.93. The van der Waals surface area contributed by atoms with Gasteiger partial charge in [-0.1, -0.05) is 0 Å². The van der Waals surface area contributed by atoms with Crippen LogP contribution in [0.4, 0.5) is 0 Å². The lowest BCUT2D eigenvalue weighted by molar-refractivity contribution is -0.131. The molecule has 0 spiro atoms. The van der Waals surface area contributed by atoms with Crippen LogP contribution in [0.15, 0.2) is 4.99 Å². The van der Waals surface area contributed by atoms with Gasteiger partial charge in [-0.3, -0.25) is 9.59 Å². The minimum absolute atomic E-state index is 0.0541. The van der Waals surface area contributed by atoms with Gasteiger partial charge in [0.2, 0.25) is 5.91 Å². The van der Waals surface area contributed by atoms with Gasteiger partial charge in [-0.05, 0) is 6.42 Å². The van der Waals surface area contributed by atoms with Crippen molar-refractivity contribution in [2.24, 2.45) is 4.99 Å². The van der Waals surface area contributed by atoms with Crippen LogP contribution in [-0.2, 0) is 9.59 Å². The maximum absolute atomic E-state index is 11.2. The number of rotatable bonds is 3. The lowest BCUT2D eigenvalue weighted by Crippen LogP contribution is -2.30. The fraction of sp³-hybridized carbons (Fsp3) is 0.667. The van der Waals surface area contributed by atoms with Crippen molar-refractivity contribution in [3.8, 4) is 0 Å². The van der Waals surface area contributed by atoms with Crippen molar-refractivity contribution >= 4 is 18.2 Å². The molecule has 0 radical (unpaired) electrons. The third kappa shape index (κ3) is 3.16. The van der Waals surface area contributed by atoms with Crippen molar-refractivity contribution in [2.75, 3.05) is 27.2 Å². The molecule has 0 aromatic heterocycles. The van der Waals surface area contributed by atoms with Gasteiger partial charge in [0.05, 0.1) is 6.34 Å². The highest BCUT2D eigenvalue weighted by Gasteiger charge is 2.21. The van der Waals surface area contributed by atoms with Crippen LogP contribution in [0.3, 0.4) is 0 Å². The minimum Gasteiger partial charge on any atom is -0.369 e. The predicted molar refractivity (Wildman–Crippen MR) is 53.0 cm³/mol. The molecule has 0 unspecified atom stereocenters. The van der Waals surface area contributed by atoms with Crippen molar-refractivity contribution in [3.05, 3.63) is 0 Å². The van der Waals surface area contributed by atoms with Crippen LogP contribution in [0.5, 0.6) is 0 Å². The van der Waals surface area contributed by atoms with Crippen LogP contribution >= 0.6 is 0 Å². The highest BCUT2D eigenvalue weighted by Crippen LogP contribution is 2.08. The second-order valence-corrected chi connectivity index (χ2v) is 3.52. The smallest absolute Gasteiger partial charge is 0.266 e. The molecule has 0 aromatic carbocycles. The summed E-state index contributed by atoms with van der Waals surface area (Å²) in [7, 11) is 3.58. The van der Waals surface area contributed by atoms with E-state index in [1.807, 2.05) is 0 Å². The van der Waals surface area contributed by atoms with Crippen molar-refractivity contribution in [3.63, 3.8) is 0 Å². The molecule has 78 valence electrons. The molecule has 0 bridgehead atoms. The monoisotopic (exact) mass is 197 g/mol. The van der Waals surface area contributed by atoms with E-state index in [0.29, 0.717) is 13.0 Å². The molecule has 14 heavy (non-hydrogen) atoms. The van der Waals surface area contributed by atoms with Crippen LogP contribution < -0.4 is 0 Å². The second kappa shape index (κ2) is 4.74. The standard InChI is InChI=1S/C9H15N3O2/c1-11(2)7-10-8(13)6-12-5-3-4-9(12)14/h7H,3-6H2,1-2H3. The van der Waals surface area contributed by atoms with Gasteiger partial charge >= 0.3 is 0 Å². The summed E-state index contributed by atoms with van der Waals surface area (Å²) >= 11 is 0. The van der Waals surface area contributed by atoms with Gasteiger partial charge in [-0.25, -0.2) is 4.99 Å². The number of hydrogen-bond acceptors (Lipinski definition) is 2. The first kappa shape index (κ1) is 10.7. The normalized spacial score (nSPS) is 16.7. The number of carbonyl (C=O) groups excluding carboxylic acids is 2. The third-order valence-corrected chi connectivity index (χ3v) is 1.93. The molecule has 0 aromatic rings. The molecule has 1 heterocycles. The van der Waals surface area contributed by atoms with Gasteiger partial charge < -0.3 is 9.80 Å². The number of hydrogen-bond donors (Lipinski definition) is 0. The van der Waals surface area contributed by atoms with Gasteiger partial charge in [-0.2, -0.15) is 0 Å². The summed E-state index contributed by atoms with van der Waals surface area (Å²) in [5.74, 6) is -0.215. The van der Waals surface area contributed by atoms with Crippen molar-refractivity contribution in [2.45, 2.75) is 12.8 Å². The summed E-state index contributed by atoms with van der Waals surface area (Å²) < 4.78 is 0. The minimum atomic E-state index is -0.269. The van der Waals surface area contributed by atoms with E-state index in [1.54, 1.807) is 23.9 Å². The molecule has 5 heteroatoms. The zero-order valence-corrected chi connectivity index (χ0v) is 8.56. The summed E-state index contributed by atoms with van der Waals surface area (Å²) in [6.07, 6.45) is 2.86. The van der Waals surface area contributed by atoms with Crippen LogP contribution in [0.25, 0.3) is 0 Å². The Kier molecular flexibility index (Phi) is 3.62. The quantitative estimate of drug-likeness (QED) is 0.462. The molecule has 0 N–H and O–H groups in total. The SMILES string of the molecule is CN(C)C=NC(=O)CN1CCCC1=O. The Morgan fingerprint density at radius 2 is 2.36 bits per heavy atom. The van der Waals surface area contributed by atoms with Crippen LogP contribution in [-0.4, -0.2) is 55.1 Å². The maximum Gasteiger partial charge on any atom is 0.266 e. The van der Waals surface area contributed by atoms with E-state index >= 15 is 0 Å². The lowest BCUT2D eigenvalue weighted by Gasteiger charge is -2.12. The van der Waals surface area contributed by atoms with E-state index in [4.69, 9.17) is 0 Å². The van der Waals surface area contributed by atoms with Gasteiger partial charge in [0.15, 0.2) is 0 Å². The Hall–Kier alpha value is -1.39. The van der Waals surface area contributed by atoms with Crippen LogP contribution in [0.2, 0.25) is 0 Å². The van der Waals surface area contributed by atoms with E-state index in [2.05, 4.69) is 4.99 Å². The number of likely N-dealkylation sites (tertiary alicyclic amines) is 1. The summed E-state index contributed by atoms with van der Waals surface area (Å²) in [5, 5.41) is 0. The van der Waals surface area contributed by atoms with Crippen LogP contribution in [0, 0.1) is 0 Å². The molecule has 0 saturated carbocycles. The van der Waals surface area contributed by atoms with Crippen molar-refractivity contribution in [1.82, 2.24) is 9.80 Å². The molecule has 1 saturated heterocycles. The number of nitrogens with zero attached hydrogens (tertiary/aromatic N) is 3. The van der Waals surface area contributed by atoms with Gasteiger partial charge in [0.1, 0.15) is 6.54 Å². The van der Waals surface area contributed by atoms with Gasteiger partial charge in [0, 0.05) is 27.1 Å². The van der Waals surface area contributed by atoms with Crippen molar-refractivity contribution < 1.29 is 9.59 Å². The van der Waals surface area contributed by atoms with E-state index < -0.39 is 0 Å². The Labute approximate surface area is 83.4 Å². The highest BCUT2D eigenvalue weighted by atomic mass is 16.2. The van der Waals surface area contributed by atoms with E-state index in [1.165, 1.54) is 6.34 Å². The van der Waals surface area contributed by atoms with E-state index in [-0.39, 0.29) is 18.4 Å². The largest absolute Gasteiger partial charge is 0.369 e. The van der Waals surface area contributed by atoms with E-state index in [0.717, 1.165) is 6.42 Å². The molecular formula is C9H15N3O2. The molecular weight excluding hydrogens is 182 g/mol. The fourth-order valence-corrected chi connectivity index (χ4v) is 1.26. The summed E-state index contributed by atoms with van der Waals surface area (Å²) in [6, 6.07) is 0. The lowest BCUT2D eigenvalue weighted by atomic mass is 10.4. The average molecular weight is 197 g/mol. The molecule has 1 aliphatic rings. The zero-order valence-electron chi connectivity index (χ0n) is 8.56. The summed E-state index contributed by atoms with van der Waals surface area (Å²) in [6.45, 7) is 0.797. The van der Waals surface area contributed by atoms with Crippen molar-refractivity contribution in [1.29, 1.82) is 0 Å². The first-order chi connectivity index (χ1) is 6.59. The average Bonchev–Trinajstić information content (AvgIpc) is 2.49. The Morgan fingerprint density at radius 3 is 2.86 bits per heavy atom. The number of amides is 2. The summed E-state index contributed by atoms with van der Waals surface area (Å²) in [4.78, 5) is 29.3. The fourth-order valence-electron chi connectivity index (χ4n) is 1.26.